The Hall–Kier alpha value is -0.0800. The van der Waals surface area contributed by atoms with E-state index in [0.29, 0.717) is 5.54 Å². The fraction of sp³-hybridized carbons (Fsp3) is 1.00. The molecule has 126 valence electrons. The lowest BCUT2D eigenvalue weighted by molar-refractivity contribution is 0.0602. The molecule has 0 saturated heterocycles. The van der Waals surface area contributed by atoms with Crippen LogP contribution in [0.2, 0.25) is 0 Å². The predicted octanol–water partition coefficient (Wildman–Crippen LogP) is 4.98. The fourth-order valence-corrected chi connectivity index (χ4v) is 3.43. The van der Waals surface area contributed by atoms with Gasteiger partial charge in [0.05, 0.1) is 0 Å². The van der Waals surface area contributed by atoms with Crippen LogP contribution in [0.4, 0.5) is 0 Å². The minimum absolute atomic E-state index is 0.485. The van der Waals surface area contributed by atoms with E-state index in [1.54, 1.807) is 0 Å². The smallest absolute Gasteiger partial charge is 0.0327 e. The van der Waals surface area contributed by atoms with Crippen LogP contribution in [-0.4, -0.2) is 37.6 Å². The number of likely N-dealkylation sites (N-methyl/N-ethyl adjacent to an activating group) is 1. The Bertz CT molecular complexity index is 234. The van der Waals surface area contributed by atoms with Crippen molar-refractivity contribution in [1.29, 1.82) is 0 Å². The van der Waals surface area contributed by atoms with Gasteiger partial charge in [-0.3, -0.25) is 0 Å². The van der Waals surface area contributed by atoms with E-state index in [0.717, 1.165) is 0 Å². The maximum absolute atomic E-state index is 3.69. The average molecular weight is 297 g/mol. The van der Waals surface area contributed by atoms with E-state index in [9.17, 15) is 0 Å². The summed E-state index contributed by atoms with van der Waals surface area (Å²) >= 11 is 0. The lowest BCUT2D eigenvalue weighted by Crippen LogP contribution is -2.56. The molecular weight excluding hydrogens is 256 g/mol. The van der Waals surface area contributed by atoms with Crippen molar-refractivity contribution in [3.05, 3.63) is 0 Å². The van der Waals surface area contributed by atoms with E-state index in [-0.39, 0.29) is 0 Å². The molecule has 1 aliphatic rings. The van der Waals surface area contributed by atoms with Gasteiger partial charge >= 0.3 is 0 Å². The van der Waals surface area contributed by atoms with Gasteiger partial charge in [0.15, 0.2) is 0 Å². The van der Waals surface area contributed by atoms with Crippen LogP contribution in [-0.2, 0) is 0 Å². The molecule has 1 aliphatic carbocycles. The Balaban J connectivity index is 1.81. The Morgan fingerprint density at radius 1 is 0.810 bits per heavy atom. The summed E-state index contributed by atoms with van der Waals surface area (Å²) in [6.07, 6.45) is 18.5. The second-order valence-corrected chi connectivity index (χ2v) is 7.33. The van der Waals surface area contributed by atoms with Crippen LogP contribution in [0.25, 0.3) is 0 Å². The van der Waals surface area contributed by atoms with Gasteiger partial charge in [-0.05, 0) is 46.3 Å². The molecule has 0 aromatic carbocycles. The normalized spacial score (nSPS) is 17.1. The molecule has 1 fully saturated rings. The van der Waals surface area contributed by atoms with Gasteiger partial charge in [0.25, 0.3) is 0 Å². The van der Waals surface area contributed by atoms with Crippen LogP contribution < -0.4 is 5.32 Å². The van der Waals surface area contributed by atoms with Crippen LogP contribution >= 0.6 is 0 Å². The highest BCUT2D eigenvalue weighted by atomic mass is 15.2. The molecule has 1 N–H and O–H groups in total. The highest BCUT2D eigenvalue weighted by Crippen LogP contribution is 2.35. The molecule has 1 rings (SSSR count). The zero-order valence-electron chi connectivity index (χ0n) is 15.1. The summed E-state index contributed by atoms with van der Waals surface area (Å²) in [5.41, 5.74) is 0.485. The van der Waals surface area contributed by atoms with Crippen molar-refractivity contribution in [2.45, 2.75) is 95.9 Å². The van der Waals surface area contributed by atoms with E-state index >= 15 is 0 Å². The van der Waals surface area contributed by atoms with Crippen LogP contribution in [0.15, 0.2) is 0 Å². The molecule has 1 saturated carbocycles. The number of nitrogens with one attached hydrogen (secondary N) is 1. The summed E-state index contributed by atoms with van der Waals surface area (Å²) in [6, 6.07) is 0. The summed E-state index contributed by atoms with van der Waals surface area (Å²) in [4.78, 5) is 2.43. The van der Waals surface area contributed by atoms with Crippen molar-refractivity contribution in [2.75, 3.05) is 27.2 Å². The third-order valence-electron chi connectivity index (χ3n) is 5.39. The molecule has 0 aromatic rings. The predicted molar refractivity (Wildman–Crippen MR) is 95.0 cm³/mol. The van der Waals surface area contributed by atoms with Gasteiger partial charge in [-0.15, -0.1) is 0 Å². The second-order valence-electron chi connectivity index (χ2n) is 7.33. The third-order valence-corrected chi connectivity index (χ3v) is 5.39. The molecule has 2 nitrogen and oxygen atoms in total. The molecule has 0 aromatic heterocycles. The molecule has 0 heterocycles. The van der Waals surface area contributed by atoms with E-state index < -0.39 is 0 Å². The van der Waals surface area contributed by atoms with E-state index in [4.69, 9.17) is 0 Å². The number of hydrogen-bond donors (Lipinski definition) is 1. The summed E-state index contributed by atoms with van der Waals surface area (Å²) in [7, 11) is 4.47. The number of unbranched alkanes of at least 4 members (excludes halogenated alkanes) is 9. The standard InChI is InChI=1S/C19H40N2/c1-4-5-6-7-8-9-10-11-12-13-17-20-18-19(21(2)3)15-14-16-19/h20H,4-18H2,1-3H3. The van der Waals surface area contributed by atoms with Crippen LogP contribution in [0.1, 0.15) is 90.4 Å². The van der Waals surface area contributed by atoms with Gasteiger partial charge in [0.1, 0.15) is 0 Å². The summed E-state index contributed by atoms with van der Waals surface area (Å²) < 4.78 is 0. The highest BCUT2D eigenvalue weighted by Gasteiger charge is 2.38. The van der Waals surface area contributed by atoms with Gasteiger partial charge in [-0.2, -0.15) is 0 Å². The van der Waals surface area contributed by atoms with Crippen molar-refractivity contribution in [1.82, 2.24) is 10.2 Å². The Morgan fingerprint density at radius 3 is 1.76 bits per heavy atom. The van der Waals surface area contributed by atoms with Crippen molar-refractivity contribution in [2.24, 2.45) is 0 Å². The zero-order chi connectivity index (χ0) is 15.4. The summed E-state index contributed by atoms with van der Waals surface area (Å²) in [5, 5.41) is 3.69. The van der Waals surface area contributed by atoms with Crippen LogP contribution in [0.5, 0.6) is 0 Å². The number of nitrogens with zero attached hydrogens (tertiary/aromatic N) is 1. The maximum atomic E-state index is 3.69. The Labute approximate surface area is 134 Å². The van der Waals surface area contributed by atoms with Crippen molar-refractivity contribution in [3.63, 3.8) is 0 Å². The van der Waals surface area contributed by atoms with Crippen LogP contribution in [0.3, 0.4) is 0 Å². The van der Waals surface area contributed by atoms with Crippen LogP contribution in [0, 0.1) is 0 Å². The van der Waals surface area contributed by atoms with E-state index in [1.165, 1.54) is 96.6 Å². The van der Waals surface area contributed by atoms with Gasteiger partial charge in [-0.1, -0.05) is 64.7 Å². The molecule has 2 heteroatoms. The molecule has 0 spiro atoms. The zero-order valence-corrected chi connectivity index (χ0v) is 15.1. The molecule has 21 heavy (non-hydrogen) atoms. The molecule has 0 unspecified atom stereocenters. The largest absolute Gasteiger partial charge is 0.315 e. The lowest BCUT2D eigenvalue weighted by Gasteiger charge is -2.47. The van der Waals surface area contributed by atoms with Gasteiger partial charge < -0.3 is 10.2 Å². The topological polar surface area (TPSA) is 15.3 Å². The number of rotatable bonds is 14. The fourth-order valence-electron chi connectivity index (χ4n) is 3.43. The van der Waals surface area contributed by atoms with Gasteiger partial charge in [0, 0.05) is 12.1 Å². The molecule has 0 radical (unpaired) electrons. The first-order valence-electron chi connectivity index (χ1n) is 9.59. The van der Waals surface area contributed by atoms with Crippen molar-refractivity contribution < 1.29 is 0 Å². The monoisotopic (exact) mass is 296 g/mol. The summed E-state index contributed by atoms with van der Waals surface area (Å²) in [5.74, 6) is 0. The molecule has 0 aliphatic heterocycles. The minimum Gasteiger partial charge on any atom is -0.315 e. The Morgan fingerprint density at radius 2 is 1.33 bits per heavy atom. The summed E-state index contributed by atoms with van der Waals surface area (Å²) in [6.45, 7) is 4.70. The maximum Gasteiger partial charge on any atom is 0.0327 e. The van der Waals surface area contributed by atoms with Crippen molar-refractivity contribution >= 4 is 0 Å². The minimum atomic E-state index is 0.485. The number of hydrogen-bond acceptors (Lipinski definition) is 2. The van der Waals surface area contributed by atoms with Gasteiger partial charge in [0.2, 0.25) is 0 Å². The lowest BCUT2D eigenvalue weighted by atomic mass is 9.75. The third kappa shape index (κ3) is 7.65. The quantitative estimate of drug-likeness (QED) is 0.455. The molecule has 0 bridgehead atoms. The Kier molecular flexibility index (Phi) is 10.4. The first-order chi connectivity index (χ1) is 10.2. The molecule has 0 amide bonds. The second kappa shape index (κ2) is 11.5. The van der Waals surface area contributed by atoms with E-state index in [2.05, 4.69) is 31.2 Å². The van der Waals surface area contributed by atoms with Gasteiger partial charge in [-0.25, -0.2) is 0 Å². The molecule has 0 atom stereocenters. The average Bonchev–Trinajstić information content (AvgIpc) is 2.42. The first kappa shape index (κ1) is 19.0. The van der Waals surface area contributed by atoms with Crippen molar-refractivity contribution in [3.8, 4) is 0 Å². The molecular formula is C19H40N2. The first-order valence-corrected chi connectivity index (χ1v) is 9.59. The highest BCUT2D eigenvalue weighted by molar-refractivity contribution is 4.97. The van der Waals surface area contributed by atoms with E-state index in [1.807, 2.05) is 0 Å². The SMILES string of the molecule is CCCCCCCCCCCCNCC1(N(C)C)CCC1.